The minimum Gasteiger partial charge on any atom is -0.364 e. The minimum absolute atomic E-state index is 0.143. The van der Waals surface area contributed by atoms with Gasteiger partial charge in [-0.2, -0.15) is 0 Å². The zero-order valence-electron chi connectivity index (χ0n) is 11.1. The smallest absolute Gasteiger partial charge is 0.147 e. The largest absolute Gasteiger partial charge is 0.364 e. The van der Waals surface area contributed by atoms with Gasteiger partial charge in [0.1, 0.15) is 12.0 Å². The maximum Gasteiger partial charge on any atom is 0.147 e. The van der Waals surface area contributed by atoms with Crippen LogP contribution < -0.4 is 10.6 Å². The second-order valence-corrected chi connectivity index (χ2v) is 5.76. The van der Waals surface area contributed by atoms with Gasteiger partial charge in [-0.15, -0.1) is 0 Å². The molecule has 6 heteroatoms. The Morgan fingerprint density at radius 3 is 2.85 bits per heavy atom. The number of aryl methyl sites for hydroxylation is 1. The van der Waals surface area contributed by atoms with Gasteiger partial charge in [0.05, 0.1) is 10.7 Å². The number of anilines is 1. The highest BCUT2D eigenvalue weighted by Crippen LogP contribution is 2.38. The number of aromatic amines is 1. The summed E-state index contributed by atoms with van der Waals surface area (Å²) < 4.78 is 28.0. The van der Waals surface area contributed by atoms with E-state index in [0.29, 0.717) is 29.1 Å². The van der Waals surface area contributed by atoms with Crippen LogP contribution in [-0.2, 0) is 0 Å². The molecule has 1 aromatic carbocycles. The fourth-order valence-electron chi connectivity index (χ4n) is 2.90. The van der Waals surface area contributed by atoms with Crippen LogP contribution in [0.5, 0.6) is 0 Å². The van der Waals surface area contributed by atoms with Crippen molar-refractivity contribution in [3.63, 3.8) is 0 Å². The van der Waals surface area contributed by atoms with Gasteiger partial charge in [-0.05, 0) is 25.5 Å². The van der Waals surface area contributed by atoms with Gasteiger partial charge < -0.3 is 15.6 Å². The average Bonchev–Trinajstić information content (AvgIpc) is 2.65. The van der Waals surface area contributed by atoms with Crippen LogP contribution in [0.4, 0.5) is 14.5 Å². The molecule has 0 bridgehead atoms. The van der Waals surface area contributed by atoms with Crippen molar-refractivity contribution in [1.82, 2.24) is 4.98 Å². The number of aromatic nitrogens is 1. The van der Waals surface area contributed by atoms with E-state index < -0.39 is 12.0 Å². The first-order chi connectivity index (χ1) is 9.47. The lowest BCUT2D eigenvalue weighted by Crippen LogP contribution is -2.48. The number of rotatable bonds is 1. The highest BCUT2D eigenvalue weighted by molar-refractivity contribution is 6.37. The van der Waals surface area contributed by atoms with E-state index in [1.807, 2.05) is 6.92 Å². The van der Waals surface area contributed by atoms with Gasteiger partial charge in [0.15, 0.2) is 0 Å². The van der Waals surface area contributed by atoms with E-state index in [4.69, 9.17) is 17.3 Å². The van der Waals surface area contributed by atoms with Gasteiger partial charge in [-0.25, -0.2) is 8.78 Å². The average molecular weight is 300 g/mol. The van der Waals surface area contributed by atoms with Gasteiger partial charge in [0, 0.05) is 35.7 Å². The zero-order valence-corrected chi connectivity index (χ0v) is 11.8. The summed E-state index contributed by atoms with van der Waals surface area (Å²) in [5.41, 5.74) is 7.71. The van der Waals surface area contributed by atoms with E-state index >= 15 is 0 Å². The number of piperidine rings is 1. The number of hydrogen-bond donors (Lipinski definition) is 2. The fourth-order valence-corrected chi connectivity index (χ4v) is 3.14. The van der Waals surface area contributed by atoms with Crippen molar-refractivity contribution in [2.75, 3.05) is 18.0 Å². The molecule has 0 unspecified atom stereocenters. The SMILES string of the molecule is Cc1[nH]c2ccc(F)c(N3C[C@@H](N)C[C@H](F)C3)c2c1Cl. The molecule has 1 aliphatic rings. The molecule has 2 atom stereocenters. The van der Waals surface area contributed by atoms with Gasteiger partial charge in [-0.3, -0.25) is 0 Å². The third-order valence-electron chi connectivity index (χ3n) is 3.75. The highest BCUT2D eigenvalue weighted by atomic mass is 35.5. The standard InChI is InChI=1S/C14H16ClF2N3/c1-7-13(15)12-11(19-7)3-2-10(17)14(12)20-5-8(16)4-9(18)6-20/h2-3,8-9,19H,4-6,18H2,1H3/t8-,9-/m0/s1. The van der Waals surface area contributed by atoms with Gasteiger partial charge in [0.25, 0.3) is 0 Å². The first kappa shape index (κ1) is 13.6. The Hall–Kier alpha value is -1.33. The van der Waals surface area contributed by atoms with Crippen molar-refractivity contribution >= 4 is 28.2 Å². The third kappa shape index (κ3) is 2.15. The van der Waals surface area contributed by atoms with E-state index in [0.717, 1.165) is 11.2 Å². The fraction of sp³-hybridized carbons (Fsp3) is 0.429. The zero-order chi connectivity index (χ0) is 14.4. The summed E-state index contributed by atoms with van der Waals surface area (Å²) in [6.45, 7) is 2.39. The summed E-state index contributed by atoms with van der Waals surface area (Å²) >= 11 is 6.26. The molecule has 0 saturated carbocycles. The van der Waals surface area contributed by atoms with Crippen LogP contribution in [0.1, 0.15) is 12.1 Å². The number of nitrogens with zero attached hydrogens (tertiary/aromatic N) is 1. The topological polar surface area (TPSA) is 45.0 Å². The molecule has 0 spiro atoms. The first-order valence-corrected chi connectivity index (χ1v) is 6.96. The lowest BCUT2D eigenvalue weighted by molar-refractivity contribution is 0.268. The maximum atomic E-state index is 14.3. The third-order valence-corrected chi connectivity index (χ3v) is 4.22. The van der Waals surface area contributed by atoms with Crippen LogP contribution >= 0.6 is 11.6 Å². The molecule has 1 saturated heterocycles. The summed E-state index contributed by atoms with van der Waals surface area (Å²) in [5, 5.41) is 1.08. The summed E-state index contributed by atoms with van der Waals surface area (Å²) in [6, 6.07) is 2.72. The Morgan fingerprint density at radius 2 is 2.15 bits per heavy atom. The molecule has 0 radical (unpaired) electrons. The number of H-pyrrole nitrogens is 1. The molecule has 108 valence electrons. The van der Waals surface area contributed by atoms with Crippen LogP contribution in [0, 0.1) is 12.7 Å². The number of halogens is 3. The molecule has 3 rings (SSSR count). The normalized spacial score (nSPS) is 23.6. The van der Waals surface area contributed by atoms with E-state index in [1.54, 1.807) is 11.0 Å². The molecule has 3 nitrogen and oxygen atoms in total. The molecule has 0 aliphatic carbocycles. The Balaban J connectivity index is 2.16. The predicted molar refractivity (Wildman–Crippen MR) is 77.7 cm³/mol. The van der Waals surface area contributed by atoms with E-state index in [1.165, 1.54) is 6.07 Å². The predicted octanol–water partition coefficient (Wildman–Crippen LogP) is 3.14. The monoisotopic (exact) mass is 299 g/mol. The lowest BCUT2D eigenvalue weighted by Gasteiger charge is -2.35. The van der Waals surface area contributed by atoms with E-state index in [-0.39, 0.29) is 12.6 Å². The van der Waals surface area contributed by atoms with E-state index in [9.17, 15) is 8.78 Å². The molecule has 1 aromatic heterocycles. The quantitative estimate of drug-likeness (QED) is 0.849. The van der Waals surface area contributed by atoms with Gasteiger partial charge in [0.2, 0.25) is 0 Å². The van der Waals surface area contributed by atoms with Crippen molar-refractivity contribution in [3.05, 3.63) is 28.7 Å². The molecule has 3 N–H and O–H groups in total. The Kier molecular flexibility index (Phi) is 3.34. The summed E-state index contributed by atoms with van der Waals surface area (Å²) in [7, 11) is 0. The molecular formula is C14H16ClF2N3. The molecule has 0 amide bonds. The maximum absolute atomic E-state index is 14.3. The second-order valence-electron chi connectivity index (χ2n) is 5.38. The number of fused-ring (bicyclic) bond motifs is 1. The Bertz CT molecular complexity index is 645. The van der Waals surface area contributed by atoms with Crippen molar-refractivity contribution < 1.29 is 8.78 Å². The molecular weight excluding hydrogens is 284 g/mol. The number of benzene rings is 1. The van der Waals surface area contributed by atoms with Crippen molar-refractivity contribution in [1.29, 1.82) is 0 Å². The van der Waals surface area contributed by atoms with Crippen LogP contribution in [-0.4, -0.2) is 30.3 Å². The van der Waals surface area contributed by atoms with Crippen LogP contribution in [0.2, 0.25) is 5.02 Å². The minimum atomic E-state index is -1.05. The highest BCUT2D eigenvalue weighted by Gasteiger charge is 2.28. The first-order valence-electron chi connectivity index (χ1n) is 6.58. The second kappa shape index (κ2) is 4.90. The molecule has 2 heterocycles. The molecule has 1 fully saturated rings. The van der Waals surface area contributed by atoms with Crippen LogP contribution in [0.25, 0.3) is 10.9 Å². The Labute approximate surface area is 120 Å². The van der Waals surface area contributed by atoms with Crippen molar-refractivity contribution in [3.8, 4) is 0 Å². The lowest BCUT2D eigenvalue weighted by atomic mass is 10.0. The Morgan fingerprint density at radius 1 is 1.40 bits per heavy atom. The molecule has 1 aliphatic heterocycles. The number of hydrogen-bond acceptors (Lipinski definition) is 2. The van der Waals surface area contributed by atoms with E-state index in [2.05, 4.69) is 4.98 Å². The number of nitrogens with two attached hydrogens (primary N) is 1. The number of alkyl halides is 1. The van der Waals surface area contributed by atoms with Crippen LogP contribution in [0.3, 0.4) is 0 Å². The van der Waals surface area contributed by atoms with Crippen molar-refractivity contribution in [2.24, 2.45) is 5.73 Å². The molecule has 2 aromatic rings. The van der Waals surface area contributed by atoms with Gasteiger partial charge >= 0.3 is 0 Å². The number of nitrogens with one attached hydrogen (secondary N) is 1. The van der Waals surface area contributed by atoms with Gasteiger partial charge in [-0.1, -0.05) is 11.6 Å². The summed E-state index contributed by atoms with van der Waals surface area (Å²) in [5.74, 6) is -0.403. The molecule has 20 heavy (non-hydrogen) atoms. The van der Waals surface area contributed by atoms with Crippen LogP contribution in [0.15, 0.2) is 12.1 Å². The summed E-state index contributed by atoms with van der Waals surface area (Å²) in [6.07, 6.45) is -0.735. The summed E-state index contributed by atoms with van der Waals surface area (Å²) in [4.78, 5) is 4.77. The van der Waals surface area contributed by atoms with Crippen molar-refractivity contribution in [2.45, 2.75) is 25.6 Å².